The van der Waals surface area contributed by atoms with Crippen molar-refractivity contribution in [3.05, 3.63) is 17.0 Å². The minimum absolute atomic E-state index is 0. The molecular formula is C13H23IN4O. The average molecular weight is 378 g/mol. The molecule has 0 unspecified atom stereocenters. The molecule has 0 atom stereocenters. The van der Waals surface area contributed by atoms with Crippen LogP contribution in [0.4, 0.5) is 0 Å². The number of nitrogens with zero attached hydrogens (tertiary/aromatic N) is 2. The number of guanidine groups is 1. The Kier molecular flexibility index (Phi) is 6.60. The van der Waals surface area contributed by atoms with Gasteiger partial charge in [0.1, 0.15) is 5.76 Å². The molecule has 19 heavy (non-hydrogen) atoms. The summed E-state index contributed by atoms with van der Waals surface area (Å²) in [4.78, 5) is 4.22. The summed E-state index contributed by atoms with van der Waals surface area (Å²) in [6.07, 6.45) is 4.05. The van der Waals surface area contributed by atoms with E-state index in [0.29, 0.717) is 6.54 Å². The van der Waals surface area contributed by atoms with Gasteiger partial charge >= 0.3 is 0 Å². The molecule has 1 fully saturated rings. The molecule has 2 rings (SSSR count). The average Bonchev–Trinajstić information content (AvgIpc) is 2.62. The predicted octanol–water partition coefficient (Wildman–Crippen LogP) is 2.37. The molecule has 6 heteroatoms. The van der Waals surface area contributed by atoms with Gasteiger partial charge in [0.25, 0.3) is 0 Å². The Hall–Kier alpha value is -0.790. The number of aliphatic imine (C=N–C) groups is 1. The van der Waals surface area contributed by atoms with Crippen LogP contribution in [0.5, 0.6) is 0 Å². The van der Waals surface area contributed by atoms with Crippen LogP contribution in [0.2, 0.25) is 0 Å². The Morgan fingerprint density at radius 3 is 2.58 bits per heavy atom. The fourth-order valence-electron chi connectivity index (χ4n) is 2.08. The third kappa shape index (κ3) is 4.36. The van der Waals surface area contributed by atoms with Gasteiger partial charge in [-0.05, 0) is 32.6 Å². The summed E-state index contributed by atoms with van der Waals surface area (Å²) < 4.78 is 5.14. The molecule has 2 N–H and O–H groups in total. The molecule has 0 radical (unpaired) electrons. The van der Waals surface area contributed by atoms with Gasteiger partial charge in [-0.2, -0.15) is 0 Å². The van der Waals surface area contributed by atoms with Crippen LogP contribution in [0, 0.1) is 19.8 Å². The number of hydrogen-bond acceptors (Lipinski definition) is 3. The van der Waals surface area contributed by atoms with Crippen LogP contribution in [0.25, 0.3) is 0 Å². The zero-order chi connectivity index (χ0) is 13.0. The van der Waals surface area contributed by atoms with Crippen molar-refractivity contribution >= 4 is 29.9 Å². The van der Waals surface area contributed by atoms with Crippen molar-refractivity contribution in [3.63, 3.8) is 0 Å². The largest absolute Gasteiger partial charge is 0.361 e. The molecule has 0 spiro atoms. The second-order valence-electron chi connectivity index (χ2n) is 4.91. The summed E-state index contributed by atoms with van der Waals surface area (Å²) in [6.45, 7) is 5.60. The number of halogens is 1. The Morgan fingerprint density at radius 2 is 2.11 bits per heavy atom. The highest BCUT2D eigenvalue weighted by Gasteiger charge is 2.17. The van der Waals surface area contributed by atoms with Gasteiger partial charge in [-0.1, -0.05) is 11.6 Å². The fourth-order valence-corrected chi connectivity index (χ4v) is 2.08. The van der Waals surface area contributed by atoms with Crippen LogP contribution in [0.1, 0.15) is 36.3 Å². The first-order valence-electron chi connectivity index (χ1n) is 6.57. The molecule has 108 valence electrons. The van der Waals surface area contributed by atoms with E-state index in [1.165, 1.54) is 19.3 Å². The minimum Gasteiger partial charge on any atom is -0.361 e. The second kappa shape index (κ2) is 7.72. The van der Waals surface area contributed by atoms with Gasteiger partial charge in [0.05, 0.1) is 5.69 Å². The third-order valence-corrected chi connectivity index (χ3v) is 3.62. The highest BCUT2D eigenvalue weighted by molar-refractivity contribution is 14.0. The third-order valence-electron chi connectivity index (χ3n) is 3.62. The molecule has 0 saturated heterocycles. The first kappa shape index (κ1) is 16.3. The minimum atomic E-state index is 0. The van der Waals surface area contributed by atoms with Gasteiger partial charge in [-0.25, -0.2) is 0 Å². The fraction of sp³-hybridized carbons (Fsp3) is 0.692. The molecule has 0 amide bonds. The van der Waals surface area contributed by atoms with Crippen molar-refractivity contribution < 1.29 is 4.52 Å². The van der Waals surface area contributed by atoms with Crippen molar-refractivity contribution in [3.8, 4) is 0 Å². The van der Waals surface area contributed by atoms with E-state index in [0.717, 1.165) is 35.4 Å². The Bertz CT molecular complexity index is 407. The lowest BCUT2D eigenvalue weighted by Crippen LogP contribution is -2.40. The Labute approximate surface area is 131 Å². The molecule has 0 aromatic carbocycles. The summed E-state index contributed by atoms with van der Waals surface area (Å²) in [5.74, 6) is 2.54. The predicted molar refractivity (Wildman–Crippen MR) is 86.9 cm³/mol. The summed E-state index contributed by atoms with van der Waals surface area (Å²) in [5, 5.41) is 10.6. The zero-order valence-electron chi connectivity index (χ0n) is 11.8. The topological polar surface area (TPSA) is 62.5 Å². The van der Waals surface area contributed by atoms with Gasteiger partial charge in [-0.15, -0.1) is 24.0 Å². The van der Waals surface area contributed by atoms with Gasteiger partial charge < -0.3 is 15.2 Å². The van der Waals surface area contributed by atoms with E-state index in [1.54, 1.807) is 7.05 Å². The SMILES string of the molecule is CN=C(NCc1c(C)noc1C)NCC1CCC1.I. The Balaban J connectivity index is 0.00000180. The lowest BCUT2D eigenvalue weighted by atomic mass is 9.85. The molecule has 5 nitrogen and oxygen atoms in total. The second-order valence-corrected chi connectivity index (χ2v) is 4.91. The van der Waals surface area contributed by atoms with Gasteiger partial charge in [0.15, 0.2) is 5.96 Å². The highest BCUT2D eigenvalue weighted by atomic mass is 127. The van der Waals surface area contributed by atoms with Crippen LogP contribution >= 0.6 is 24.0 Å². The maximum absolute atomic E-state index is 5.14. The zero-order valence-corrected chi connectivity index (χ0v) is 14.2. The monoisotopic (exact) mass is 378 g/mol. The standard InChI is InChI=1S/C13H22N4O.HI/c1-9-12(10(2)18-17-9)8-16-13(14-3)15-7-11-5-4-6-11;/h11H,4-8H2,1-3H3,(H2,14,15,16);1H. The number of rotatable bonds is 4. The van der Waals surface area contributed by atoms with Crippen LogP contribution in [-0.4, -0.2) is 24.7 Å². The van der Waals surface area contributed by atoms with Crippen molar-refractivity contribution in [1.82, 2.24) is 15.8 Å². The van der Waals surface area contributed by atoms with E-state index in [2.05, 4.69) is 20.8 Å². The molecular weight excluding hydrogens is 355 g/mol. The number of hydrogen-bond donors (Lipinski definition) is 2. The lowest BCUT2D eigenvalue weighted by Gasteiger charge is -2.26. The van der Waals surface area contributed by atoms with Crippen LogP contribution < -0.4 is 10.6 Å². The molecule has 1 aromatic rings. The first-order chi connectivity index (χ1) is 8.70. The number of aromatic nitrogens is 1. The van der Waals surface area contributed by atoms with E-state index in [1.807, 2.05) is 13.8 Å². The molecule has 1 saturated carbocycles. The van der Waals surface area contributed by atoms with Gasteiger partial charge in [0.2, 0.25) is 0 Å². The summed E-state index contributed by atoms with van der Waals surface area (Å²) in [7, 11) is 1.80. The molecule has 0 bridgehead atoms. The smallest absolute Gasteiger partial charge is 0.191 e. The van der Waals surface area contributed by atoms with E-state index < -0.39 is 0 Å². The van der Waals surface area contributed by atoms with Crippen LogP contribution in [0.15, 0.2) is 9.52 Å². The van der Waals surface area contributed by atoms with Crippen molar-refractivity contribution in [2.75, 3.05) is 13.6 Å². The van der Waals surface area contributed by atoms with Crippen LogP contribution in [-0.2, 0) is 6.54 Å². The highest BCUT2D eigenvalue weighted by Crippen LogP contribution is 2.25. The summed E-state index contributed by atoms with van der Waals surface area (Å²) >= 11 is 0. The molecule has 1 aliphatic carbocycles. The number of aryl methyl sites for hydroxylation is 2. The van der Waals surface area contributed by atoms with Crippen molar-refractivity contribution in [2.45, 2.75) is 39.7 Å². The van der Waals surface area contributed by atoms with Crippen molar-refractivity contribution in [1.29, 1.82) is 0 Å². The quantitative estimate of drug-likeness (QED) is 0.480. The van der Waals surface area contributed by atoms with Gasteiger partial charge in [-0.3, -0.25) is 4.99 Å². The molecule has 1 heterocycles. The summed E-state index contributed by atoms with van der Waals surface area (Å²) in [6, 6.07) is 0. The lowest BCUT2D eigenvalue weighted by molar-refractivity contribution is 0.314. The maximum Gasteiger partial charge on any atom is 0.191 e. The van der Waals surface area contributed by atoms with Crippen LogP contribution in [0.3, 0.4) is 0 Å². The van der Waals surface area contributed by atoms with Gasteiger partial charge in [0, 0.05) is 25.7 Å². The first-order valence-corrected chi connectivity index (χ1v) is 6.57. The van der Waals surface area contributed by atoms with E-state index >= 15 is 0 Å². The number of nitrogens with one attached hydrogen (secondary N) is 2. The molecule has 1 aromatic heterocycles. The normalized spacial score (nSPS) is 15.6. The van der Waals surface area contributed by atoms with E-state index in [4.69, 9.17) is 4.52 Å². The maximum atomic E-state index is 5.14. The van der Waals surface area contributed by atoms with Crippen molar-refractivity contribution in [2.24, 2.45) is 10.9 Å². The summed E-state index contributed by atoms with van der Waals surface area (Å²) in [5.41, 5.74) is 2.05. The van der Waals surface area contributed by atoms with E-state index in [9.17, 15) is 0 Å². The molecule has 1 aliphatic rings. The molecule has 0 aliphatic heterocycles. The van der Waals surface area contributed by atoms with E-state index in [-0.39, 0.29) is 24.0 Å². The Morgan fingerprint density at radius 1 is 1.37 bits per heavy atom.